The molecule has 0 spiro atoms. The van der Waals surface area contributed by atoms with Crippen molar-refractivity contribution in [3.8, 4) is 11.5 Å². The standard InChI is InChI=1S/C26H32N2O3/c1-30-24-11-9-21(10-12-24)26(28-14-4-5-15-28)18-27-17-23(29)19-31-25-13-8-20-6-2-3-7-22(20)16-25/h2-3,6-13,16,23,26-27,29H,4-5,14-15,17-19H2,1H3. The van der Waals surface area contributed by atoms with Crippen LogP contribution in [-0.4, -0.2) is 56.0 Å². The van der Waals surface area contributed by atoms with Gasteiger partial charge in [-0.2, -0.15) is 0 Å². The highest BCUT2D eigenvalue weighted by Crippen LogP contribution is 2.26. The molecule has 164 valence electrons. The average Bonchev–Trinajstić information content (AvgIpc) is 3.35. The molecule has 2 atom stereocenters. The van der Waals surface area contributed by atoms with Crippen LogP contribution in [-0.2, 0) is 0 Å². The van der Waals surface area contributed by atoms with Gasteiger partial charge >= 0.3 is 0 Å². The van der Waals surface area contributed by atoms with Crippen molar-refractivity contribution in [1.82, 2.24) is 10.2 Å². The van der Waals surface area contributed by atoms with Gasteiger partial charge in [-0.15, -0.1) is 0 Å². The SMILES string of the molecule is COc1ccc(C(CNCC(O)COc2ccc3ccccc3c2)N2CCCC2)cc1. The minimum absolute atomic E-state index is 0.266. The van der Waals surface area contributed by atoms with E-state index in [9.17, 15) is 5.11 Å². The molecule has 5 nitrogen and oxygen atoms in total. The predicted molar refractivity (Wildman–Crippen MR) is 125 cm³/mol. The number of benzene rings is 3. The van der Waals surface area contributed by atoms with E-state index in [1.54, 1.807) is 7.11 Å². The Morgan fingerprint density at radius 1 is 0.903 bits per heavy atom. The Labute approximate surface area is 184 Å². The van der Waals surface area contributed by atoms with E-state index in [2.05, 4.69) is 34.5 Å². The van der Waals surface area contributed by atoms with Crippen molar-refractivity contribution in [3.05, 3.63) is 72.3 Å². The molecule has 2 unspecified atom stereocenters. The number of methoxy groups -OCH3 is 1. The van der Waals surface area contributed by atoms with Gasteiger partial charge in [-0.3, -0.25) is 4.90 Å². The summed E-state index contributed by atoms with van der Waals surface area (Å²) in [6, 6.07) is 22.8. The normalized spacial score (nSPS) is 16.3. The predicted octanol–water partition coefficient (Wildman–Crippen LogP) is 4.01. The van der Waals surface area contributed by atoms with Gasteiger partial charge in [-0.1, -0.05) is 42.5 Å². The summed E-state index contributed by atoms with van der Waals surface area (Å²) in [6.07, 6.45) is 1.92. The minimum Gasteiger partial charge on any atom is -0.497 e. The first-order valence-corrected chi connectivity index (χ1v) is 11.1. The van der Waals surface area contributed by atoms with Crippen molar-refractivity contribution >= 4 is 10.8 Å². The first-order valence-electron chi connectivity index (χ1n) is 11.1. The Balaban J connectivity index is 1.28. The van der Waals surface area contributed by atoms with Gasteiger partial charge in [0.05, 0.1) is 7.11 Å². The molecule has 5 heteroatoms. The topological polar surface area (TPSA) is 54.0 Å². The molecule has 3 aromatic carbocycles. The van der Waals surface area contributed by atoms with Crippen molar-refractivity contribution in [2.75, 3.05) is 39.9 Å². The molecule has 4 rings (SSSR count). The van der Waals surface area contributed by atoms with Gasteiger partial charge in [-0.25, -0.2) is 0 Å². The maximum atomic E-state index is 10.4. The van der Waals surface area contributed by atoms with E-state index in [4.69, 9.17) is 9.47 Å². The second-order valence-electron chi connectivity index (χ2n) is 8.16. The fraction of sp³-hybridized carbons (Fsp3) is 0.385. The lowest BCUT2D eigenvalue weighted by atomic mass is 10.1. The van der Waals surface area contributed by atoms with E-state index in [1.807, 2.05) is 42.5 Å². The number of hydrogen-bond donors (Lipinski definition) is 2. The third-order valence-corrected chi connectivity index (χ3v) is 5.96. The Kier molecular flexibility index (Phi) is 7.41. The van der Waals surface area contributed by atoms with E-state index >= 15 is 0 Å². The second-order valence-corrected chi connectivity index (χ2v) is 8.16. The van der Waals surface area contributed by atoms with Crippen molar-refractivity contribution < 1.29 is 14.6 Å². The zero-order valence-corrected chi connectivity index (χ0v) is 18.2. The summed E-state index contributed by atoms with van der Waals surface area (Å²) in [6.45, 7) is 3.79. The lowest BCUT2D eigenvalue weighted by Gasteiger charge is -2.29. The molecule has 0 saturated carbocycles. The molecule has 1 aliphatic rings. The van der Waals surface area contributed by atoms with E-state index in [0.717, 1.165) is 36.5 Å². The fourth-order valence-electron chi connectivity index (χ4n) is 4.23. The van der Waals surface area contributed by atoms with Crippen LogP contribution in [0.15, 0.2) is 66.7 Å². The number of nitrogens with one attached hydrogen (secondary N) is 1. The monoisotopic (exact) mass is 420 g/mol. The fourth-order valence-corrected chi connectivity index (χ4v) is 4.23. The van der Waals surface area contributed by atoms with Gasteiger partial charge in [0.2, 0.25) is 0 Å². The maximum Gasteiger partial charge on any atom is 0.120 e. The van der Waals surface area contributed by atoms with Crippen LogP contribution in [0.5, 0.6) is 11.5 Å². The molecule has 1 fully saturated rings. The van der Waals surface area contributed by atoms with E-state index in [1.165, 1.54) is 23.8 Å². The summed E-state index contributed by atoms with van der Waals surface area (Å²) >= 11 is 0. The van der Waals surface area contributed by atoms with Crippen LogP contribution in [0.1, 0.15) is 24.4 Å². The Bertz CT molecular complexity index is 954. The van der Waals surface area contributed by atoms with Crippen LogP contribution < -0.4 is 14.8 Å². The maximum absolute atomic E-state index is 10.4. The molecule has 1 aliphatic heterocycles. The Morgan fingerprint density at radius 3 is 2.35 bits per heavy atom. The molecule has 0 radical (unpaired) electrons. The summed E-state index contributed by atoms with van der Waals surface area (Å²) in [7, 11) is 1.69. The summed E-state index contributed by atoms with van der Waals surface area (Å²) in [4.78, 5) is 2.52. The largest absolute Gasteiger partial charge is 0.497 e. The number of fused-ring (bicyclic) bond motifs is 1. The molecule has 1 heterocycles. The number of hydrogen-bond acceptors (Lipinski definition) is 5. The summed E-state index contributed by atoms with van der Waals surface area (Å²) in [5.41, 5.74) is 1.28. The summed E-state index contributed by atoms with van der Waals surface area (Å²) in [5, 5.41) is 16.2. The zero-order chi connectivity index (χ0) is 21.5. The number of aliphatic hydroxyl groups is 1. The number of nitrogens with zero attached hydrogens (tertiary/aromatic N) is 1. The number of likely N-dealkylation sites (tertiary alicyclic amines) is 1. The molecule has 0 amide bonds. The number of ether oxygens (including phenoxy) is 2. The first-order chi connectivity index (χ1) is 15.2. The molecule has 3 aromatic rings. The van der Waals surface area contributed by atoms with Crippen LogP contribution in [0.2, 0.25) is 0 Å². The van der Waals surface area contributed by atoms with Gasteiger partial charge in [0.1, 0.15) is 24.2 Å². The van der Waals surface area contributed by atoms with Crippen molar-refractivity contribution in [3.63, 3.8) is 0 Å². The van der Waals surface area contributed by atoms with E-state index < -0.39 is 6.10 Å². The third-order valence-electron chi connectivity index (χ3n) is 5.96. The molecule has 2 N–H and O–H groups in total. The summed E-state index contributed by atoms with van der Waals surface area (Å²) < 4.78 is 11.1. The minimum atomic E-state index is -0.568. The lowest BCUT2D eigenvalue weighted by Crippen LogP contribution is -2.38. The highest BCUT2D eigenvalue weighted by Gasteiger charge is 2.23. The summed E-state index contributed by atoms with van der Waals surface area (Å²) in [5.74, 6) is 1.66. The molecule has 1 saturated heterocycles. The van der Waals surface area contributed by atoms with Crippen LogP contribution in [0.25, 0.3) is 10.8 Å². The van der Waals surface area contributed by atoms with Crippen molar-refractivity contribution in [2.24, 2.45) is 0 Å². The van der Waals surface area contributed by atoms with Crippen LogP contribution in [0.4, 0.5) is 0 Å². The smallest absolute Gasteiger partial charge is 0.120 e. The van der Waals surface area contributed by atoms with Crippen molar-refractivity contribution in [1.29, 1.82) is 0 Å². The highest BCUT2D eigenvalue weighted by atomic mass is 16.5. The van der Waals surface area contributed by atoms with Gasteiger partial charge in [0.25, 0.3) is 0 Å². The third kappa shape index (κ3) is 5.76. The second kappa shape index (κ2) is 10.6. The average molecular weight is 421 g/mol. The molecular formula is C26H32N2O3. The van der Waals surface area contributed by atoms with Crippen molar-refractivity contribution in [2.45, 2.75) is 25.0 Å². The highest BCUT2D eigenvalue weighted by molar-refractivity contribution is 5.83. The molecular weight excluding hydrogens is 388 g/mol. The molecule has 0 bridgehead atoms. The number of rotatable bonds is 10. The molecule has 0 aromatic heterocycles. The van der Waals surface area contributed by atoms with Crippen LogP contribution in [0, 0.1) is 0 Å². The molecule has 0 aliphatic carbocycles. The Hall–Kier alpha value is -2.60. The molecule has 31 heavy (non-hydrogen) atoms. The van der Waals surface area contributed by atoms with E-state index in [-0.39, 0.29) is 6.61 Å². The first kappa shape index (κ1) is 21.6. The van der Waals surface area contributed by atoms with Gasteiger partial charge < -0.3 is 19.9 Å². The van der Waals surface area contributed by atoms with Crippen LogP contribution >= 0.6 is 0 Å². The lowest BCUT2D eigenvalue weighted by molar-refractivity contribution is 0.104. The van der Waals surface area contributed by atoms with Gasteiger partial charge in [0.15, 0.2) is 0 Å². The number of aliphatic hydroxyl groups excluding tert-OH is 1. The zero-order valence-electron chi connectivity index (χ0n) is 18.2. The van der Waals surface area contributed by atoms with E-state index in [0.29, 0.717) is 12.6 Å². The quantitative estimate of drug-likeness (QED) is 0.519. The van der Waals surface area contributed by atoms with Crippen LogP contribution in [0.3, 0.4) is 0 Å². The Morgan fingerprint density at radius 2 is 1.61 bits per heavy atom. The van der Waals surface area contributed by atoms with Gasteiger partial charge in [-0.05, 0) is 66.5 Å². The van der Waals surface area contributed by atoms with Gasteiger partial charge in [0, 0.05) is 19.1 Å².